The van der Waals surface area contributed by atoms with Gasteiger partial charge in [0.15, 0.2) is 11.5 Å². The van der Waals surface area contributed by atoms with Gasteiger partial charge in [-0.05, 0) is 37.5 Å². The Bertz CT molecular complexity index is 533. The third-order valence-electron chi connectivity index (χ3n) is 3.83. The molecule has 0 heterocycles. The van der Waals surface area contributed by atoms with E-state index in [9.17, 15) is 15.0 Å². The highest BCUT2D eigenvalue weighted by atomic mass is 16.5. The lowest BCUT2D eigenvalue weighted by molar-refractivity contribution is -0.141. The van der Waals surface area contributed by atoms with Crippen LogP contribution in [0.3, 0.4) is 0 Å². The van der Waals surface area contributed by atoms with Crippen LogP contribution in [0.1, 0.15) is 39.7 Å². The van der Waals surface area contributed by atoms with Crippen molar-refractivity contribution in [2.24, 2.45) is 5.92 Å². The summed E-state index contributed by atoms with van der Waals surface area (Å²) in [7, 11) is 0. The summed E-state index contributed by atoms with van der Waals surface area (Å²) in [5.74, 6) is -0.0754. The largest absolute Gasteiger partial charge is 0.490 e. The standard InChI is InChI=1S/C19H31NO5/c1-5-15(19(22)23)9-14-7-8-17(18(10-14)24-6-2)25-12-16(21)11-20-13(3)4/h7-8,10,13,15-16,20-21H,5-6,9,11-12H2,1-4H3,(H,22,23). The highest BCUT2D eigenvalue weighted by Gasteiger charge is 2.17. The summed E-state index contributed by atoms with van der Waals surface area (Å²) in [4.78, 5) is 11.2. The number of rotatable bonds is 12. The Morgan fingerprint density at radius 2 is 1.92 bits per heavy atom. The first-order valence-corrected chi connectivity index (χ1v) is 8.90. The second-order valence-electron chi connectivity index (χ2n) is 6.39. The summed E-state index contributed by atoms with van der Waals surface area (Å²) in [6, 6.07) is 5.75. The molecule has 1 aromatic carbocycles. The first-order valence-electron chi connectivity index (χ1n) is 8.90. The van der Waals surface area contributed by atoms with Crippen molar-refractivity contribution in [3.05, 3.63) is 23.8 Å². The van der Waals surface area contributed by atoms with Crippen LogP contribution < -0.4 is 14.8 Å². The molecule has 0 saturated carbocycles. The van der Waals surface area contributed by atoms with E-state index in [0.717, 1.165) is 5.56 Å². The smallest absolute Gasteiger partial charge is 0.306 e. The van der Waals surface area contributed by atoms with E-state index in [4.69, 9.17) is 9.47 Å². The van der Waals surface area contributed by atoms with Crippen molar-refractivity contribution in [2.75, 3.05) is 19.8 Å². The number of ether oxygens (including phenoxy) is 2. The van der Waals surface area contributed by atoms with Gasteiger partial charge in [0.25, 0.3) is 0 Å². The lowest BCUT2D eigenvalue weighted by Gasteiger charge is -2.18. The molecule has 0 aliphatic heterocycles. The summed E-state index contributed by atoms with van der Waals surface area (Å²) in [5.41, 5.74) is 0.895. The van der Waals surface area contributed by atoms with Crippen molar-refractivity contribution in [1.29, 1.82) is 0 Å². The van der Waals surface area contributed by atoms with E-state index in [1.807, 2.05) is 39.8 Å². The van der Waals surface area contributed by atoms with Crippen LogP contribution in [0, 0.1) is 5.92 Å². The minimum atomic E-state index is -0.790. The van der Waals surface area contributed by atoms with E-state index < -0.39 is 18.0 Å². The van der Waals surface area contributed by atoms with Crippen LogP contribution >= 0.6 is 0 Å². The Morgan fingerprint density at radius 3 is 2.48 bits per heavy atom. The fraction of sp³-hybridized carbons (Fsp3) is 0.632. The maximum atomic E-state index is 11.2. The Kier molecular flexibility index (Phi) is 9.31. The van der Waals surface area contributed by atoms with Gasteiger partial charge in [-0.2, -0.15) is 0 Å². The SMILES string of the molecule is CCOc1cc(CC(CC)C(=O)O)ccc1OCC(O)CNC(C)C. The molecule has 0 fully saturated rings. The number of aliphatic hydroxyl groups is 1. The third kappa shape index (κ3) is 7.75. The topological polar surface area (TPSA) is 88.0 Å². The van der Waals surface area contributed by atoms with E-state index in [1.165, 1.54) is 0 Å². The molecule has 0 aromatic heterocycles. The monoisotopic (exact) mass is 353 g/mol. The molecule has 6 nitrogen and oxygen atoms in total. The number of carboxylic acids is 1. The summed E-state index contributed by atoms with van der Waals surface area (Å²) >= 11 is 0. The van der Waals surface area contributed by atoms with Gasteiger partial charge in [0, 0.05) is 12.6 Å². The molecule has 0 aliphatic rings. The average Bonchev–Trinajstić information content (AvgIpc) is 2.57. The number of benzene rings is 1. The van der Waals surface area contributed by atoms with Crippen molar-refractivity contribution >= 4 is 5.97 Å². The molecule has 0 saturated heterocycles. The second-order valence-corrected chi connectivity index (χ2v) is 6.39. The molecule has 2 atom stereocenters. The number of aliphatic carboxylic acids is 1. The van der Waals surface area contributed by atoms with Crippen molar-refractivity contribution in [3.63, 3.8) is 0 Å². The molecule has 0 bridgehead atoms. The molecule has 25 heavy (non-hydrogen) atoms. The Labute approximate surface area is 150 Å². The summed E-state index contributed by atoms with van der Waals surface area (Å²) in [6.07, 6.45) is 0.410. The minimum Gasteiger partial charge on any atom is -0.490 e. The van der Waals surface area contributed by atoms with Gasteiger partial charge in [-0.15, -0.1) is 0 Å². The second kappa shape index (κ2) is 10.9. The predicted molar refractivity (Wildman–Crippen MR) is 97.4 cm³/mol. The number of nitrogens with one attached hydrogen (secondary N) is 1. The van der Waals surface area contributed by atoms with Gasteiger partial charge in [0.2, 0.25) is 0 Å². The van der Waals surface area contributed by atoms with Crippen LogP contribution in [0.2, 0.25) is 0 Å². The van der Waals surface area contributed by atoms with Crippen LogP contribution in [0.4, 0.5) is 0 Å². The van der Waals surface area contributed by atoms with E-state index in [1.54, 1.807) is 6.07 Å². The van der Waals surface area contributed by atoms with Crippen LogP contribution in [-0.4, -0.2) is 48.1 Å². The maximum Gasteiger partial charge on any atom is 0.306 e. The zero-order valence-electron chi connectivity index (χ0n) is 15.6. The molecule has 0 radical (unpaired) electrons. The zero-order valence-corrected chi connectivity index (χ0v) is 15.6. The maximum absolute atomic E-state index is 11.2. The van der Waals surface area contributed by atoms with Crippen molar-refractivity contribution < 1.29 is 24.5 Å². The number of hydrogen-bond acceptors (Lipinski definition) is 5. The molecule has 0 spiro atoms. The average molecular weight is 353 g/mol. The molecule has 3 N–H and O–H groups in total. The van der Waals surface area contributed by atoms with Crippen LogP contribution in [0.25, 0.3) is 0 Å². The quantitative estimate of drug-likeness (QED) is 0.535. The summed E-state index contributed by atoms with van der Waals surface area (Å²) < 4.78 is 11.3. The summed E-state index contributed by atoms with van der Waals surface area (Å²) in [5, 5.41) is 22.3. The molecule has 1 rings (SSSR count). The van der Waals surface area contributed by atoms with Gasteiger partial charge >= 0.3 is 5.97 Å². The van der Waals surface area contributed by atoms with Crippen LogP contribution in [0.5, 0.6) is 11.5 Å². The Morgan fingerprint density at radius 1 is 1.20 bits per heavy atom. The van der Waals surface area contributed by atoms with Gasteiger partial charge in [0.05, 0.1) is 12.5 Å². The highest BCUT2D eigenvalue weighted by Crippen LogP contribution is 2.30. The highest BCUT2D eigenvalue weighted by molar-refractivity contribution is 5.70. The van der Waals surface area contributed by atoms with Crippen molar-refractivity contribution in [2.45, 2.75) is 52.7 Å². The van der Waals surface area contributed by atoms with Gasteiger partial charge in [-0.1, -0.05) is 26.8 Å². The van der Waals surface area contributed by atoms with E-state index >= 15 is 0 Å². The summed E-state index contributed by atoms with van der Waals surface area (Å²) in [6.45, 7) is 8.87. The van der Waals surface area contributed by atoms with E-state index in [2.05, 4.69) is 5.32 Å². The molecular weight excluding hydrogens is 322 g/mol. The van der Waals surface area contributed by atoms with Crippen molar-refractivity contribution in [3.8, 4) is 11.5 Å². The van der Waals surface area contributed by atoms with Crippen LogP contribution in [0.15, 0.2) is 18.2 Å². The molecule has 1 aromatic rings. The predicted octanol–water partition coefficient (Wildman–Crippen LogP) is 2.48. The van der Waals surface area contributed by atoms with Crippen molar-refractivity contribution in [1.82, 2.24) is 5.32 Å². The molecule has 6 heteroatoms. The zero-order chi connectivity index (χ0) is 18.8. The lowest BCUT2D eigenvalue weighted by atomic mass is 9.97. The fourth-order valence-corrected chi connectivity index (χ4v) is 2.37. The number of aliphatic hydroxyl groups excluding tert-OH is 1. The van der Waals surface area contributed by atoms with Gasteiger partial charge < -0.3 is 25.0 Å². The Balaban J connectivity index is 2.74. The van der Waals surface area contributed by atoms with E-state index in [-0.39, 0.29) is 6.61 Å². The normalized spacial score (nSPS) is 13.5. The minimum absolute atomic E-state index is 0.159. The van der Waals surface area contributed by atoms with E-state index in [0.29, 0.717) is 43.5 Å². The number of carbonyl (C=O) groups is 1. The number of carboxylic acid groups (broad SMARTS) is 1. The fourth-order valence-electron chi connectivity index (χ4n) is 2.37. The first-order chi connectivity index (χ1) is 11.9. The Hall–Kier alpha value is -1.79. The van der Waals surface area contributed by atoms with Gasteiger partial charge in [-0.3, -0.25) is 4.79 Å². The van der Waals surface area contributed by atoms with Crippen LogP contribution in [-0.2, 0) is 11.2 Å². The third-order valence-corrected chi connectivity index (χ3v) is 3.83. The molecular formula is C19H31NO5. The molecule has 2 unspecified atom stereocenters. The molecule has 0 amide bonds. The molecule has 0 aliphatic carbocycles. The van der Waals surface area contributed by atoms with Gasteiger partial charge in [-0.25, -0.2) is 0 Å². The van der Waals surface area contributed by atoms with Gasteiger partial charge in [0.1, 0.15) is 12.7 Å². The first kappa shape index (κ1) is 21.3. The number of hydrogen-bond donors (Lipinski definition) is 3. The lowest BCUT2D eigenvalue weighted by Crippen LogP contribution is -2.35. The molecule has 142 valence electrons.